The standard InChI is InChI=1S/C21H24O4/c1-5-18(22)16-11-12-17(20(23)25-21(2,3)4)19(13-16)24-14-15-9-7-6-8-10-15/h6-13H,5,14H2,1-4H3. The largest absolute Gasteiger partial charge is 0.488 e. The lowest BCUT2D eigenvalue weighted by Gasteiger charge is -2.21. The Labute approximate surface area is 148 Å². The van der Waals surface area contributed by atoms with Crippen molar-refractivity contribution >= 4 is 11.8 Å². The van der Waals surface area contributed by atoms with Crippen molar-refractivity contribution in [1.82, 2.24) is 0 Å². The van der Waals surface area contributed by atoms with Crippen LogP contribution in [0.2, 0.25) is 0 Å². The molecule has 132 valence electrons. The van der Waals surface area contributed by atoms with E-state index in [9.17, 15) is 9.59 Å². The third kappa shape index (κ3) is 5.45. The van der Waals surface area contributed by atoms with Crippen LogP contribution in [0, 0.1) is 0 Å². The van der Waals surface area contributed by atoms with Gasteiger partial charge in [0.1, 0.15) is 23.5 Å². The summed E-state index contributed by atoms with van der Waals surface area (Å²) in [4.78, 5) is 24.4. The number of hydrogen-bond acceptors (Lipinski definition) is 4. The molecule has 0 saturated heterocycles. The number of hydrogen-bond donors (Lipinski definition) is 0. The van der Waals surface area contributed by atoms with E-state index in [-0.39, 0.29) is 5.78 Å². The van der Waals surface area contributed by atoms with Crippen LogP contribution in [0.3, 0.4) is 0 Å². The fraction of sp³-hybridized carbons (Fsp3) is 0.333. The lowest BCUT2D eigenvalue weighted by molar-refractivity contribution is 0.00652. The molecule has 0 radical (unpaired) electrons. The summed E-state index contributed by atoms with van der Waals surface area (Å²) in [6.45, 7) is 7.54. The lowest BCUT2D eigenvalue weighted by Crippen LogP contribution is -2.24. The average Bonchev–Trinajstić information content (AvgIpc) is 2.58. The first-order valence-corrected chi connectivity index (χ1v) is 8.37. The second-order valence-electron chi connectivity index (χ2n) is 6.76. The predicted octanol–water partition coefficient (Wildman–Crippen LogP) is 4.81. The molecule has 2 aromatic rings. The second kappa shape index (κ2) is 7.97. The Morgan fingerprint density at radius 3 is 2.28 bits per heavy atom. The van der Waals surface area contributed by atoms with Gasteiger partial charge in [0.15, 0.2) is 5.78 Å². The zero-order valence-electron chi connectivity index (χ0n) is 15.2. The van der Waals surface area contributed by atoms with Gasteiger partial charge in [-0.15, -0.1) is 0 Å². The molecule has 2 rings (SSSR count). The van der Waals surface area contributed by atoms with Gasteiger partial charge in [-0.3, -0.25) is 4.79 Å². The van der Waals surface area contributed by atoms with Crippen LogP contribution < -0.4 is 4.74 Å². The van der Waals surface area contributed by atoms with Crippen LogP contribution in [0.25, 0.3) is 0 Å². The molecule has 0 heterocycles. The van der Waals surface area contributed by atoms with E-state index in [1.807, 2.05) is 51.1 Å². The normalized spacial score (nSPS) is 11.0. The summed E-state index contributed by atoms with van der Waals surface area (Å²) >= 11 is 0. The SMILES string of the molecule is CCC(=O)c1ccc(C(=O)OC(C)(C)C)c(OCc2ccccc2)c1. The van der Waals surface area contributed by atoms with E-state index in [1.165, 1.54) is 0 Å². The molecule has 0 N–H and O–H groups in total. The van der Waals surface area contributed by atoms with Crippen molar-refractivity contribution in [2.75, 3.05) is 0 Å². The highest BCUT2D eigenvalue weighted by Gasteiger charge is 2.22. The monoisotopic (exact) mass is 340 g/mol. The third-order valence-electron chi connectivity index (χ3n) is 3.48. The van der Waals surface area contributed by atoms with Crippen LogP contribution >= 0.6 is 0 Å². The zero-order valence-corrected chi connectivity index (χ0v) is 15.2. The van der Waals surface area contributed by atoms with E-state index in [4.69, 9.17) is 9.47 Å². The summed E-state index contributed by atoms with van der Waals surface area (Å²) in [5.74, 6) is -0.108. The van der Waals surface area contributed by atoms with Gasteiger partial charge < -0.3 is 9.47 Å². The fourth-order valence-electron chi connectivity index (χ4n) is 2.26. The lowest BCUT2D eigenvalue weighted by atomic mass is 10.0. The Kier molecular flexibility index (Phi) is 5.97. The van der Waals surface area contributed by atoms with Crippen molar-refractivity contribution in [2.45, 2.75) is 46.3 Å². The number of ketones is 1. The Hall–Kier alpha value is -2.62. The summed E-state index contributed by atoms with van der Waals surface area (Å²) in [6, 6.07) is 14.5. The summed E-state index contributed by atoms with van der Waals surface area (Å²) in [6.07, 6.45) is 0.393. The first-order chi connectivity index (χ1) is 11.8. The molecule has 2 aromatic carbocycles. The highest BCUT2D eigenvalue weighted by atomic mass is 16.6. The van der Waals surface area contributed by atoms with E-state index in [1.54, 1.807) is 25.1 Å². The highest BCUT2D eigenvalue weighted by Crippen LogP contribution is 2.25. The first kappa shape index (κ1) is 18.7. The van der Waals surface area contributed by atoms with E-state index < -0.39 is 11.6 Å². The van der Waals surface area contributed by atoms with Crippen molar-refractivity contribution in [3.05, 3.63) is 65.2 Å². The number of Topliss-reactive ketones (excluding diaryl/α,β-unsaturated/α-hetero) is 1. The maximum absolute atomic E-state index is 12.5. The molecule has 0 spiro atoms. The molecule has 0 aliphatic heterocycles. The van der Waals surface area contributed by atoms with Crippen LogP contribution in [0.4, 0.5) is 0 Å². The van der Waals surface area contributed by atoms with Crippen molar-refractivity contribution in [1.29, 1.82) is 0 Å². The van der Waals surface area contributed by atoms with E-state index >= 15 is 0 Å². The average molecular weight is 340 g/mol. The molecule has 4 heteroatoms. The van der Waals surface area contributed by atoms with Gasteiger partial charge in [-0.2, -0.15) is 0 Å². The Balaban J connectivity index is 2.30. The van der Waals surface area contributed by atoms with Crippen LogP contribution in [0.15, 0.2) is 48.5 Å². The molecular weight excluding hydrogens is 316 g/mol. The summed E-state index contributed by atoms with van der Waals surface area (Å²) in [5.41, 5.74) is 1.22. The maximum atomic E-state index is 12.5. The van der Waals surface area contributed by atoms with Crippen molar-refractivity contribution < 1.29 is 19.1 Å². The molecule has 0 aromatic heterocycles. The first-order valence-electron chi connectivity index (χ1n) is 8.37. The Bertz CT molecular complexity index is 742. The number of carbonyl (C=O) groups is 2. The van der Waals surface area contributed by atoms with E-state index in [2.05, 4.69) is 0 Å². The molecule has 0 saturated carbocycles. The molecule has 0 amide bonds. The minimum atomic E-state index is -0.605. The molecule has 0 atom stereocenters. The van der Waals surface area contributed by atoms with Crippen LogP contribution in [-0.2, 0) is 11.3 Å². The summed E-state index contributed by atoms with van der Waals surface area (Å²) in [5, 5.41) is 0. The van der Waals surface area contributed by atoms with Gasteiger partial charge in [-0.25, -0.2) is 4.79 Å². The topological polar surface area (TPSA) is 52.6 Å². The van der Waals surface area contributed by atoms with Crippen molar-refractivity contribution in [3.63, 3.8) is 0 Å². The van der Waals surface area contributed by atoms with Crippen molar-refractivity contribution in [2.24, 2.45) is 0 Å². The number of benzene rings is 2. The van der Waals surface area contributed by atoms with Gasteiger partial charge in [0.05, 0.1) is 0 Å². The Morgan fingerprint density at radius 1 is 1.00 bits per heavy atom. The predicted molar refractivity (Wildman–Crippen MR) is 97.0 cm³/mol. The number of carbonyl (C=O) groups excluding carboxylic acids is 2. The minimum absolute atomic E-state index is 0.000278. The van der Waals surface area contributed by atoms with Gasteiger partial charge in [-0.1, -0.05) is 43.3 Å². The summed E-state index contributed by atoms with van der Waals surface area (Å²) in [7, 11) is 0. The highest BCUT2D eigenvalue weighted by molar-refractivity contribution is 5.99. The van der Waals surface area contributed by atoms with Crippen molar-refractivity contribution in [3.8, 4) is 5.75 Å². The van der Waals surface area contributed by atoms with Gasteiger partial charge >= 0.3 is 5.97 Å². The van der Waals surface area contributed by atoms with E-state index in [0.717, 1.165) is 5.56 Å². The molecule has 0 aliphatic rings. The molecular formula is C21H24O4. The van der Waals surface area contributed by atoms with Crippen LogP contribution in [0.5, 0.6) is 5.75 Å². The van der Waals surface area contributed by atoms with Gasteiger partial charge in [0.2, 0.25) is 0 Å². The quantitative estimate of drug-likeness (QED) is 0.559. The van der Waals surface area contributed by atoms with Crippen LogP contribution in [0.1, 0.15) is 60.4 Å². The van der Waals surface area contributed by atoms with Gasteiger partial charge in [-0.05, 0) is 38.5 Å². The molecule has 25 heavy (non-hydrogen) atoms. The molecule has 4 nitrogen and oxygen atoms in total. The van der Waals surface area contributed by atoms with Gasteiger partial charge in [0, 0.05) is 12.0 Å². The second-order valence-corrected chi connectivity index (χ2v) is 6.76. The summed E-state index contributed by atoms with van der Waals surface area (Å²) < 4.78 is 11.3. The third-order valence-corrected chi connectivity index (χ3v) is 3.48. The maximum Gasteiger partial charge on any atom is 0.342 e. The number of ether oxygens (including phenoxy) is 2. The molecule has 0 fully saturated rings. The zero-order chi connectivity index (χ0) is 18.4. The molecule has 0 unspecified atom stereocenters. The number of rotatable bonds is 6. The molecule has 0 aliphatic carbocycles. The van der Waals surface area contributed by atoms with Crippen LogP contribution in [-0.4, -0.2) is 17.4 Å². The Morgan fingerprint density at radius 2 is 1.68 bits per heavy atom. The smallest absolute Gasteiger partial charge is 0.342 e. The fourth-order valence-corrected chi connectivity index (χ4v) is 2.26. The molecule has 0 bridgehead atoms. The van der Waals surface area contributed by atoms with E-state index in [0.29, 0.717) is 29.9 Å². The van der Waals surface area contributed by atoms with Gasteiger partial charge in [0.25, 0.3) is 0 Å². The number of esters is 1. The minimum Gasteiger partial charge on any atom is -0.488 e.